The predicted molar refractivity (Wildman–Crippen MR) is 78.3 cm³/mol. The van der Waals surface area contributed by atoms with Crippen molar-refractivity contribution in [1.29, 1.82) is 0 Å². The number of benzene rings is 1. The van der Waals surface area contributed by atoms with Gasteiger partial charge in [0, 0.05) is 31.8 Å². The number of nitro benzene ring substituents is 1. The molecule has 0 spiro atoms. The molecule has 2 rings (SSSR count). The number of hydrogen-bond acceptors (Lipinski definition) is 5. The minimum Gasteiger partial charge on any atom is -0.396 e. The molecule has 21 heavy (non-hydrogen) atoms. The molecule has 1 aromatic rings. The molecule has 3 N–H and O–H groups in total. The van der Waals surface area contributed by atoms with E-state index in [9.17, 15) is 14.9 Å². The number of aliphatic hydroxyl groups is 1. The third-order valence-electron chi connectivity index (χ3n) is 3.94. The Balaban J connectivity index is 2.18. The Morgan fingerprint density at radius 1 is 1.48 bits per heavy atom. The lowest BCUT2D eigenvalue weighted by molar-refractivity contribution is -0.384. The number of rotatable bonds is 7. The molecule has 0 bridgehead atoms. The van der Waals surface area contributed by atoms with E-state index < -0.39 is 4.92 Å². The van der Waals surface area contributed by atoms with Gasteiger partial charge >= 0.3 is 0 Å². The fraction of sp³-hybridized carbons (Fsp3) is 0.500. The summed E-state index contributed by atoms with van der Waals surface area (Å²) in [6, 6.07) is 4.26. The molecule has 0 atom stereocenters. The molecule has 1 fully saturated rings. The Hall–Kier alpha value is -2.15. The summed E-state index contributed by atoms with van der Waals surface area (Å²) in [6.07, 6.45) is 2.69. The van der Waals surface area contributed by atoms with Gasteiger partial charge in [-0.2, -0.15) is 0 Å². The highest BCUT2D eigenvalue weighted by Gasteiger charge is 2.41. The molecule has 0 aliphatic heterocycles. The maximum absolute atomic E-state index is 11.6. The monoisotopic (exact) mass is 293 g/mol. The van der Waals surface area contributed by atoms with E-state index in [4.69, 9.17) is 5.11 Å². The van der Waals surface area contributed by atoms with E-state index in [0.717, 1.165) is 12.8 Å². The quantitative estimate of drug-likeness (QED) is 0.522. The van der Waals surface area contributed by atoms with Gasteiger partial charge in [-0.05, 0) is 36.8 Å². The third-order valence-corrected chi connectivity index (χ3v) is 3.94. The van der Waals surface area contributed by atoms with E-state index in [-0.39, 0.29) is 23.6 Å². The zero-order valence-corrected chi connectivity index (χ0v) is 11.9. The molecule has 0 radical (unpaired) electrons. The highest BCUT2D eigenvalue weighted by atomic mass is 16.6. The maximum atomic E-state index is 11.6. The summed E-state index contributed by atoms with van der Waals surface area (Å²) in [5.41, 5.74) is 0.691. The number of carbonyl (C=O) groups is 1. The van der Waals surface area contributed by atoms with Crippen LogP contribution in [0.5, 0.6) is 0 Å². The lowest BCUT2D eigenvalue weighted by atomic mass is 10.0. The van der Waals surface area contributed by atoms with E-state index >= 15 is 0 Å². The number of nitrogens with one attached hydrogen (secondary N) is 2. The molecule has 0 unspecified atom stereocenters. The number of hydrogen-bond donors (Lipinski definition) is 3. The van der Waals surface area contributed by atoms with Gasteiger partial charge in [0.15, 0.2) is 0 Å². The Morgan fingerprint density at radius 2 is 2.19 bits per heavy atom. The Kier molecular flexibility index (Phi) is 4.42. The summed E-state index contributed by atoms with van der Waals surface area (Å²) in [5.74, 6) is -0.288. The van der Waals surface area contributed by atoms with Crippen LogP contribution in [0.3, 0.4) is 0 Å². The van der Waals surface area contributed by atoms with Gasteiger partial charge in [-0.3, -0.25) is 14.9 Å². The SMILES string of the molecule is CNC(=O)c1ccc([N+](=O)[O-])c(NCC2(CCO)CC2)c1. The second-order valence-corrected chi connectivity index (χ2v) is 5.40. The summed E-state index contributed by atoms with van der Waals surface area (Å²) in [4.78, 5) is 22.2. The number of nitrogens with zero attached hydrogens (tertiary/aromatic N) is 1. The lowest BCUT2D eigenvalue weighted by Crippen LogP contribution is -2.20. The Labute approximate surface area is 122 Å². The van der Waals surface area contributed by atoms with Crippen molar-refractivity contribution in [3.8, 4) is 0 Å². The summed E-state index contributed by atoms with van der Waals surface area (Å²) in [6.45, 7) is 0.674. The number of nitro groups is 1. The van der Waals surface area contributed by atoms with Crippen molar-refractivity contribution in [2.45, 2.75) is 19.3 Å². The first-order chi connectivity index (χ1) is 10.0. The molecular weight excluding hydrogens is 274 g/mol. The van der Waals surface area contributed by atoms with Crippen molar-refractivity contribution in [1.82, 2.24) is 5.32 Å². The first-order valence-electron chi connectivity index (χ1n) is 6.86. The van der Waals surface area contributed by atoms with Gasteiger partial charge in [-0.15, -0.1) is 0 Å². The zero-order valence-electron chi connectivity index (χ0n) is 11.9. The standard InChI is InChI=1S/C14H19N3O4/c1-15-13(19)10-2-3-12(17(20)21)11(8-10)16-9-14(4-5-14)6-7-18/h2-3,8,16,18H,4-7,9H2,1H3,(H,15,19). The van der Waals surface area contributed by atoms with Crippen molar-refractivity contribution in [2.75, 3.05) is 25.5 Å². The highest BCUT2D eigenvalue weighted by Crippen LogP contribution is 2.48. The van der Waals surface area contributed by atoms with Gasteiger partial charge in [-0.1, -0.05) is 0 Å². The van der Waals surface area contributed by atoms with E-state index in [1.54, 1.807) is 0 Å². The average Bonchev–Trinajstić information content (AvgIpc) is 3.24. The summed E-state index contributed by atoms with van der Waals surface area (Å²) < 4.78 is 0. The molecule has 7 nitrogen and oxygen atoms in total. The van der Waals surface area contributed by atoms with Crippen LogP contribution in [0, 0.1) is 15.5 Å². The van der Waals surface area contributed by atoms with E-state index in [1.165, 1.54) is 25.2 Å². The first kappa shape index (κ1) is 15.2. The number of amides is 1. The second kappa shape index (κ2) is 6.09. The van der Waals surface area contributed by atoms with E-state index in [0.29, 0.717) is 24.2 Å². The number of anilines is 1. The van der Waals surface area contributed by atoms with Crippen LogP contribution in [0.15, 0.2) is 18.2 Å². The molecule has 0 heterocycles. The van der Waals surface area contributed by atoms with Crippen LogP contribution >= 0.6 is 0 Å². The van der Waals surface area contributed by atoms with Crippen LogP contribution < -0.4 is 10.6 Å². The van der Waals surface area contributed by atoms with E-state index in [2.05, 4.69) is 10.6 Å². The molecule has 1 aliphatic rings. The van der Waals surface area contributed by atoms with E-state index in [1.807, 2.05) is 0 Å². The molecule has 1 aromatic carbocycles. The van der Waals surface area contributed by atoms with Crippen molar-refractivity contribution < 1.29 is 14.8 Å². The van der Waals surface area contributed by atoms with Crippen molar-refractivity contribution in [2.24, 2.45) is 5.41 Å². The smallest absolute Gasteiger partial charge is 0.292 e. The van der Waals surface area contributed by atoms with Crippen molar-refractivity contribution in [3.05, 3.63) is 33.9 Å². The van der Waals surface area contributed by atoms with Gasteiger partial charge in [0.1, 0.15) is 5.69 Å². The fourth-order valence-corrected chi connectivity index (χ4v) is 2.33. The largest absolute Gasteiger partial charge is 0.396 e. The molecule has 0 saturated heterocycles. The van der Waals surface area contributed by atoms with Crippen molar-refractivity contribution >= 4 is 17.3 Å². The minimum atomic E-state index is -0.471. The minimum absolute atomic E-state index is 0.0334. The predicted octanol–water partition coefficient (Wildman–Crippen LogP) is 1.53. The average molecular weight is 293 g/mol. The normalized spacial score (nSPS) is 15.3. The van der Waals surface area contributed by atoms with Crippen LogP contribution in [-0.4, -0.2) is 36.1 Å². The summed E-state index contributed by atoms with van der Waals surface area (Å²) >= 11 is 0. The van der Waals surface area contributed by atoms with Crippen LogP contribution in [0.2, 0.25) is 0 Å². The molecule has 7 heteroatoms. The summed E-state index contributed by atoms with van der Waals surface area (Å²) in [7, 11) is 1.51. The fourth-order valence-electron chi connectivity index (χ4n) is 2.33. The van der Waals surface area contributed by atoms with Crippen LogP contribution in [0.1, 0.15) is 29.6 Å². The molecule has 1 aliphatic carbocycles. The highest BCUT2D eigenvalue weighted by molar-refractivity contribution is 5.95. The molecular formula is C14H19N3O4. The van der Waals surface area contributed by atoms with Crippen molar-refractivity contribution in [3.63, 3.8) is 0 Å². The van der Waals surface area contributed by atoms with Gasteiger partial charge in [0.25, 0.3) is 11.6 Å². The topological polar surface area (TPSA) is 104 Å². The third kappa shape index (κ3) is 3.49. The second-order valence-electron chi connectivity index (χ2n) is 5.40. The zero-order chi connectivity index (χ0) is 15.5. The molecule has 1 amide bonds. The molecule has 114 valence electrons. The Morgan fingerprint density at radius 3 is 2.71 bits per heavy atom. The molecule has 0 aromatic heterocycles. The van der Waals surface area contributed by atoms with Gasteiger partial charge < -0.3 is 15.7 Å². The Bertz CT molecular complexity index is 555. The van der Waals surface area contributed by atoms with Gasteiger partial charge in [0.2, 0.25) is 0 Å². The van der Waals surface area contributed by atoms with Crippen LogP contribution in [-0.2, 0) is 0 Å². The van der Waals surface area contributed by atoms with Gasteiger partial charge in [0.05, 0.1) is 4.92 Å². The van der Waals surface area contributed by atoms with Crippen LogP contribution in [0.4, 0.5) is 11.4 Å². The molecule has 1 saturated carbocycles. The number of aliphatic hydroxyl groups excluding tert-OH is 1. The van der Waals surface area contributed by atoms with Crippen LogP contribution in [0.25, 0.3) is 0 Å². The number of carbonyl (C=O) groups excluding carboxylic acids is 1. The lowest BCUT2D eigenvalue weighted by Gasteiger charge is -2.16. The van der Waals surface area contributed by atoms with Gasteiger partial charge in [-0.25, -0.2) is 0 Å². The first-order valence-corrected chi connectivity index (χ1v) is 6.86. The maximum Gasteiger partial charge on any atom is 0.292 e. The summed E-state index contributed by atoms with van der Waals surface area (Å²) in [5, 5.41) is 25.7.